The van der Waals surface area contributed by atoms with Crippen molar-refractivity contribution < 1.29 is 4.81 Å². The van der Waals surface area contributed by atoms with Crippen LogP contribution >= 0.6 is 0 Å². The molecule has 0 saturated carbocycles. The molecule has 1 nitrogen and oxygen atoms in total. The van der Waals surface area contributed by atoms with Crippen molar-refractivity contribution in [2.45, 2.75) is 0 Å². The minimum Gasteiger partial charge on any atom is -0.547 e. The third-order valence-electron chi connectivity index (χ3n) is 0. The summed E-state index contributed by atoms with van der Waals surface area (Å²) < 4.78 is 0. The van der Waals surface area contributed by atoms with E-state index in [2.05, 4.69) is 7.05 Å². The fourth-order valence-electron chi connectivity index (χ4n) is 0. The molecular weight excluding hydrogens is 48.8 g/mol. The SMILES string of the molecule is [B][NH+]([CH2-])C. The fourth-order valence-corrected chi connectivity index (χ4v) is 0. The van der Waals surface area contributed by atoms with Crippen LogP contribution in [0.5, 0.6) is 0 Å². The van der Waals surface area contributed by atoms with E-state index in [1.54, 1.807) is 7.05 Å². The molecule has 0 aromatic heterocycles. The highest BCUT2D eigenvalue weighted by molar-refractivity contribution is 5.94. The average molecular weight is 54.9 g/mol. The molecule has 0 aliphatic rings. The van der Waals surface area contributed by atoms with Crippen LogP contribution in [0, 0.1) is 7.05 Å². The Balaban J connectivity index is 2.32. The van der Waals surface area contributed by atoms with Crippen LogP contribution in [0.4, 0.5) is 0 Å². The summed E-state index contributed by atoms with van der Waals surface area (Å²) in [5.41, 5.74) is 0. The summed E-state index contributed by atoms with van der Waals surface area (Å²) in [5, 5.41) is 0. The molecule has 2 heteroatoms. The molecule has 1 atom stereocenters. The molecule has 22 valence electrons. The second-order valence-electron chi connectivity index (χ2n) is 0.846. The fraction of sp³-hybridized carbons (Fsp3) is 0.500. The van der Waals surface area contributed by atoms with Gasteiger partial charge in [-0.2, -0.15) is 7.05 Å². The molecule has 0 heterocycles. The molecule has 0 rings (SSSR count). The highest BCUT2D eigenvalue weighted by Gasteiger charge is 1.57. The van der Waals surface area contributed by atoms with Gasteiger partial charge in [-0.1, -0.05) is 0 Å². The van der Waals surface area contributed by atoms with Crippen LogP contribution in [0.2, 0.25) is 0 Å². The van der Waals surface area contributed by atoms with Crippen molar-refractivity contribution in [1.29, 1.82) is 0 Å². The van der Waals surface area contributed by atoms with E-state index in [1.807, 2.05) is 0 Å². The average Bonchev–Trinajstić information content (AvgIpc) is 0.811. The molecule has 4 heavy (non-hydrogen) atoms. The van der Waals surface area contributed by atoms with E-state index in [9.17, 15) is 0 Å². The first-order valence-electron chi connectivity index (χ1n) is 1.14. The minimum atomic E-state index is 0.667. The lowest BCUT2D eigenvalue weighted by Gasteiger charge is -2.00. The molecule has 0 bridgehead atoms. The van der Waals surface area contributed by atoms with Gasteiger partial charge in [0.1, 0.15) is 0 Å². The molecule has 0 aromatic carbocycles. The van der Waals surface area contributed by atoms with Crippen LogP contribution in [0.1, 0.15) is 0 Å². The van der Waals surface area contributed by atoms with E-state index >= 15 is 0 Å². The highest BCUT2D eigenvalue weighted by Crippen LogP contribution is 0.916. The largest absolute Gasteiger partial charge is 0.547 e. The monoisotopic (exact) mass is 55.1 g/mol. The second kappa shape index (κ2) is 1.36. The normalized spacial score (nSPS) is 15.5. The van der Waals surface area contributed by atoms with E-state index in [4.69, 9.17) is 7.98 Å². The first-order valence-corrected chi connectivity index (χ1v) is 1.14. The van der Waals surface area contributed by atoms with Crippen LogP contribution in [0.3, 0.4) is 0 Å². The predicted octanol–water partition coefficient (Wildman–Crippen LogP) is -1.62. The van der Waals surface area contributed by atoms with Crippen LogP contribution in [-0.2, 0) is 0 Å². The van der Waals surface area contributed by atoms with Gasteiger partial charge in [0.25, 0.3) is 0 Å². The van der Waals surface area contributed by atoms with Gasteiger partial charge in [0.2, 0.25) is 0 Å². The zero-order valence-corrected chi connectivity index (χ0v) is 2.78. The van der Waals surface area contributed by atoms with Gasteiger partial charge in [-0.25, -0.2) is 0 Å². The molecule has 1 unspecified atom stereocenters. The van der Waals surface area contributed by atoms with Crippen molar-refractivity contribution in [2.24, 2.45) is 0 Å². The van der Waals surface area contributed by atoms with Gasteiger partial charge in [-0.3, -0.25) is 0 Å². The second-order valence-corrected chi connectivity index (χ2v) is 0.846. The van der Waals surface area contributed by atoms with Crippen molar-refractivity contribution in [2.75, 3.05) is 7.05 Å². The summed E-state index contributed by atoms with van der Waals surface area (Å²) >= 11 is 0. The number of quaternary nitrogens is 1. The topological polar surface area (TPSA) is 4.44 Å². The number of hydrogen-bond acceptors (Lipinski definition) is 0. The maximum Gasteiger partial charge on any atom is 0.449 e. The number of hydrogen-bond donors (Lipinski definition) is 1. The Morgan fingerprint density at radius 1 is 2.00 bits per heavy atom. The van der Waals surface area contributed by atoms with Crippen molar-refractivity contribution in [3.05, 3.63) is 7.05 Å². The smallest absolute Gasteiger partial charge is 0.449 e. The van der Waals surface area contributed by atoms with Crippen molar-refractivity contribution in [1.82, 2.24) is 0 Å². The van der Waals surface area contributed by atoms with Crippen LogP contribution in [0.15, 0.2) is 0 Å². The molecule has 0 fully saturated rings. The maximum absolute atomic E-state index is 4.92. The molecule has 2 radical (unpaired) electrons. The van der Waals surface area contributed by atoms with Crippen molar-refractivity contribution in [3.63, 3.8) is 0 Å². The Morgan fingerprint density at radius 3 is 2.00 bits per heavy atom. The van der Waals surface area contributed by atoms with E-state index in [1.165, 1.54) is 0 Å². The van der Waals surface area contributed by atoms with Gasteiger partial charge in [-0.05, 0) is 0 Å². The number of nitrogens with one attached hydrogen (secondary N) is 1. The molecule has 0 aliphatic heterocycles. The van der Waals surface area contributed by atoms with Gasteiger partial charge < -0.3 is 4.81 Å². The lowest BCUT2D eigenvalue weighted by molar-refractivity contribution is -0.698. The van der Waals surface area contributed by atoms with E-state index in [0.29, 0.717) is 4.81 Å². The van der Waals surface area contributed by atoms with Crippen molar-refractivity contribution in [3.8, 4) is 0 Å². The summed E-state index contributed by atoms with van der Waals surface area (Å²) in [6.45, 7) is 0. The molecule has 0 aromatic rings. The summed E-state index contributed by atoms with van der Waals surface area (Å²) in [5.74, 6) is 0. The Kier molecular flexibility index (Phi) is 1.36. The van der Waals surface area contributed by atoms with Gasteiger partial charge in [0.15, 0.2) is 0 Å². The van der Waals surface area contributed by atoms with Crippen LogP contribution in [-0.4, -0.2) is 15.0 Å². The summed E-state index contributed by atoms with van der Waals surface area (Å²) in [6, 6.07) is 0. The molecule has 0 aliphatic carbocycles. The Labute approximate surface area is 28.0 Å². The maximum atomic E-state index is 4.92. The third-order valence-corrected chi connectivity index (χ3v) is 0. The van der Waals surface area contributed by atoms with Crippen LogP contribution in [0.25, 0.3) is 0 Å². The quantitative estimate of drug-likeness (QED) is 0.251. The molecular formula is C2H6BN. The minimum absolute atomic E-state index is 0.667. The van der Waals surface area contributed by atoms with Gasteiger partial charge >= 0.3 is 7.98 Å². The Hall–Kier alpha value is 0.0249. The van der Waals surface area contributed by atoms with Gasteiger partial charge in [0.05, 0.1) is 0 Å². The molecule has 1 N–H and O–H groups in total. The highest BCUT2D eigenvalue weighted by atomic mass is 14.9. The van der Waals surface area contributed by atoms with E-state index in [-0.39, 0.29) is 0 Å². The van der Waals surface area contributed by atoms with Crippen LogP contribution < -0.4 is 4.81 Å². The zero-order valence-electron chi connectivity index (χ0n) is 2.78. The predicted molar refractivity (Wildman–Crippen MR) is 18.0 cm³/mol. The molecule has 0 saturated heterocycles. The molecule has 0 spiro atoms. The lowest BCUT2D eigenvalue weighted by Crippen LogP contribution is -3.01. The summed E-state index contributed by atoms with van der Waals surface area (Å²) in [6.07, 6.45) is 0. The zero-order chi connectivity index (χ0) is 3.58. The standard InChI is InChI=1S/C2H6BN/c1-4(2)3/h4H,1H2,2H3. The first kappa shape index (κ1) is 4.02. The first-order chi connectivity index (χ1) is 1.73. The summed E-state index contributed by atoms with van der Waals surface area (Å²) in [7, 11) is 10.0. The van der Waals surface area contributed by atoms with Gasteiger partial charge in [-0.15, -0.1) is 0 Å². The third kappa shape index (κ3) is 3420. The summed E-state index contributed by atoms with van der Waals surface area (Å²) in [4.78, 5) is 0.667. The Morgan fingerprint density at radius 2 is 2.00 bits per heavy atom. The Bertz CT molecular complexity index is 10.8. The number of rotatable bonds is 0. The van der Waals surface area contributed by atoms with E-state index < -0.39 is 0 Å². The van der Waals surface area contributed by atoms with Crippen molar-refractivity contribution >= 4 is 7.98 Å². The van der Waals surface area contributed by atoms with Gasteiger partial charge in [0, 0.05) is 7.05 Å². The molecule has 0 amide bonds. The van der Waals surface area contributed by atoms with E-state index in [0.717, 1.165) is 0 Å². The lowest BCUT2D eigenvalue weighted by atomic mass is 10.4.